The summed E-state index contributed by atoms with van der Waals surface area (Å²) in [4.78, 5) is 120. The topological polar surface area (TPSA) is 288 Å². The minimum atomic E-state index is -0.733. The molecular weight excluding hydrogens is 1150 g/mol. The number of carbonyl (C=O) groups excluding carboxylic acids is 8. The van der Waals surface area contributed by atoms with Crippen LogP contribution >= 0.6 is 0 Å². The summed E-state index contributed by atoms with van der Waals surface area (Å²) in [6, 6.07) is 4.72. The molecule has 1 aromatic rings. The molecule has 28 heteroatoms. The van der Waals surface area contributed by atoms with Crippen LogP contribution in [0.2, 0.25) is 0 Å². The van der Waals surface area contributed by atoms with Gasteiger partial charge in [0, 0.05) is 205 Å². The van der Waals surface area contributed by atoms with E-state index in [1.807, 2.05) is 78.2 Å². The highest BCUT2D eigenvalue weighted by Gasteiger charge is 2.26. The summed E-state index contributed by atoms with van der Waals surface area (Å²) in [6.07, 6.45) is 14.5. The van der Waals surface area contributed by atoms with Gasteiger partial charge in [0.05, 0.1) is 13.2 Å². The molecule has 2 unspecified atom stereocenters. The van der Waals surface area contributed by atoms with Crippen molar-refractivity contribution in [3.05, 3.63) is 34.2 Å². The molecular formula is C61H114N16O12. The number of amides is 12. The van der Waals surface area contributed by atoms with Gasteiger partial charge in [0.15, 0.2) is 0 Å². The minimum Gasteiger partial charge on any atom is -0.395 e. The second kappa shape index (κ2) is 42.6. The van der Waals surface area contributed by atoms with E-state index in [9.17, 15) is 43.2 Å². The number of nitrogens with one attached hydrogen (secondary N) is 1. The molecule has 0 aromatic carbocycles. The van der Waals surface area contributed by atoms with Crippen LogP contribution in [0.4, 0.5) is 19.2 Å². The number of hydrazine groups is 1. The molecule has 0 bridgehead atoms. The van der Waals surface area contributed by atoms with Gasteiger partial charge in [-0.1, -0.05) is 13.0 Å². The van der Waals surface area contributed by atoms with E-state index in [0.717, 1.165) is 142 Å². The lowest BCUT2D eigenvalue weighted by Crippen LogP contribution is -2.50. The van der Waals surface area contributed by atoms with E-state index >= 15 is 0 Å². The number of likely N-dealkylation sites (N-methyl/N-ethyl adjacent to an activating group) is 3. The molecule has 12 amide bonds. The Balaban J connectivity index is 0.000000343. The van der Waals surface area contributed by atoms with Gasteiger partial charge < -0.3 is 83.6 Å². The van der Waals surface area contributed by atoms with E-state index in [-0.39, 0.29) is 60.6 Å². The van der Waals surface area contributed by atoms with Crippen molar-refractivity contribution >= 4 is 47.8 Å². The van der Waals surface area contributed by atoms with Crippen molar-refractivity contribution in [2.45, 2.75) is 109 Å². The van der Waals surface area contributed by atoms with Crippen LogP contribution < -0.4 is 16.7 Å². The predicted molar refractivity (Wildman–Crippen MR) is 343 cm³/mol. The molecule has 9 aliphatic rings. The smallest absolute Gasteiger partial charge is 0.333 e. The third kappa shape index (κ3) is 30.8. The lowest BCUT2D eigenvalue weighted by atomic mass is 10.0. The van der Waals surface area contributed by atoms with Gasteiger partial charge in [-0.15, -0.1) is 0 Å². The van der Waals surface area contributed by atoms with Crippen molar-refractivity contribution in [1.29, 1.82) is 0 Å². The molecule has 1 aromatic heterocycles. The van der Waals surface area contributed by atoms with E-state index in [0.29, 0.717) is 50.5 Å². The van der Waals surface area contributed by atoms with Gasteiger partial charge >= 0.3 is 24.1 Å². The van der Waals surface area contributed by atoms with Crippen LogP contribution in [-0.2, 0) is 37.5 Å². The van der Waals surface area contributed by atoms with Crippen LogP contribution in [-0.4, -0.2) is 334 Å². The number of morpholine rings is 1. The summed E-state index contributed by atoms with van der Waals surface area (Å²) >= 11 is 0. The Morgan fingerprint density at radius 2 is 1.02 bits per heavy atom. The zero-order valence-corrected chi connectivity index (χ0v) is 56.4. The van der Waals surface area contributed by atoms with Crippen molar-refractivity contribution in [3.8, 4) is 0 Å². The number of hydrogen-bond donors (Lipinski definition) is 4. The number of aryl methyl sites for hydroxylation is 1. The average molecular weight is 1260 g/mol. The SMILES string of the molecule is CC1CCCN(C)C1=O.CN(C)CCN1CCCN(C)C1=O.CN1CCCC(O)C1=O.CN1CCCCC1=O.CN1CCCN(C)C1=O.CN1CCCN(CCO)C1=O.CN1CCCN(N)C1=O.CN1CCOCC1=O.Cn1cccc(CNC2CC2)c1=O. The fourth-order valence-electron chi connectivity index (χ4n) is 9.76. The molecule has 10 rings (SSSR count). The van der Waals surface area contributed by atoms with E-state index in [2.05, 4.69) is 10.2 Å². The number of likely N-dealkylation sites (tertiary alicyclic amines) is 3. The molecule has 9 fully saturated rings. The molecule has 9 heterocycles. The van der Waals surface area contributed by atoms with Crippen molar-refractivity contribution in [2.75, 3.05) is 196 Å². The zero-order chi connectivity index (χ0) is 66.8. The summed E-state index contributed by atoms with van der Waals surface area (Å²) in [6.45, 7) is 16.1. The largest absolute Gasteiger partial charge is 0.395 e. The maximum absolute atomic E-state index is 11.6. The number of pyridine rings is 1. The number of β-amino-alcohol motifs (C(OH)–C–C–N with tert-alkyl or cyclic N) is 1. The third-order valence-electron chi connectivity index (χ3n) is 16.0. The fourth-order valence-corrected chi connectivity index (χ4v) is 9.76. The number of aromatic nitrogens is 1. The number of nitrogens with two attached hydrogens (primary N) is 1. The van der Waals surface area contributed by atoms with E-state index in [1.54, 1.807) is 90.1 Å². The van der Waals surface area contributed by atoms with Crippen LogP contribution in [0.15, 0.2) is 23.1 Å². The molecule has 510 valence electrons. The molecule has 89 heavy (non-hydrogen) atoms. The first-order valence-electron chi connectivity index (χ1n) is 31.7. The van der Waals surface area contributed by atoms with Gasteiger partial charge in [-0.05, 0) is 97.2 Å². The quantitative estimate of drug-likeness (QED) is 0.211. The molecule has 2 atom stereocenters. The molecule has 28 nitrogen and oxygen atoms in total. The summed E-state index contributed by atoms with van der Waals surface area (Å²) in [5.41, 5.74) is 0.965. The van der Waals surface area contributed by atoms with Gasteiger partial charge in [-0.25, -0.2) is 25.0 Å². The lowest BCUT2D eigenvalue weighted by Gasteiger charge is -2.33. The molecule has 0 spiro atoms. The van der Waals surface area contributed by atoms with Crippen LogP contribution in [0, 0.1) is 5.92 Å². The number of hydrogen-bond acceptors (Lipinski definition) is 15. The van der Waals surface area contributed by atoms with Crippen LogP contribution in [0.5, 0.6) is 0 Å². The second-order valence-corrected chi connectivity index (χ2v) is 24.3. The van der Waals surface area contributed by atoms with E-state index < -0.39 is 6.10 Å². The fraction of sp³-hybridized carbons (Fsp3) is 0.787. The summed E-state index contributed by atoms with van der Waals surface area (Å²) < 4.78 is 6.48. The highest BCUT2D eigenvalue weighted by atomic mass is 16.5. The standard InChI is InChI=1S/C10H14N2O.C9H19N3O.C7H14N2O2.C7H13NO.C6H12N2O.C6H11NO2.C6H11NO.C5H11N3O.C5H9NO2/c1-12-6-2-3-8(10(12)13)7-11-9-4-5-9;1-10(2)7-8-12-6-4-5-11(3)9(12)13;1-8-3-2-4-9(5-6-10)7(8)11;1-6-4-3-5-8(2)7(6)9;1-7-4-3-5-8(2)6(7)9;1-7-4-2-3-5(8)6(7)9;1-7-5-3-2-4-6(7)8;1-7-3-2-4-8(6)5(7)9;1-6-2-3-8-4-5(6)7/h2-3,6,9,11H,4-5,7H2,1H3;4-8H2,1-3H3;10H,2-6H2,1H3;6H,3-5H2,1-2H3;3-5H2,1-2H3;5,8H,2-4H2,1H3;2-5H2,1H3;2-4,6H2,1H3;2-4H2,1H3. The molecule has 1 saturated carbocycles. The molecule has 8 saturated heterocycles. The zero-order valence-electron chi connectivity index (χ0n) is 56.4. The molecule has 1 aliphatic carbocycles. The van der Waals surface area contributed by atoms with Crippen molar-refractivity contribution in [1.82, 2.24) is 73.7 Å². The van der Waals surface area contributed by atoms with Crippen LogP contribution in [0.3, 0.4) is 0 Å². The van der Waals surface area contributed by atoms with Gasteiger partial charge in [-0.2, -0.15) is 0 Å². The first-order chi connectivity index (χ1) is 42.1. The summed E-state index contributed by atoms with van der Waals surface area (Å²) in [7, 11) is 22.1. The van der Waals surface area contributed by atoms with Crippen LogP contribution in [0.1, 0.15) is 96.0 Å². The summed E-state index contributed by atoms with van der Waals surface area (Å²) in [5.74, 6) is 6.13. The lowest BCUT2D eigenvalue weighted by molar-refractivity contribution is -0.142. The Hall–Kier alpha value is -6.33. The van der Waals surface area contributed by atoms with Gasteiger partial charge in [-0.3, -0.25) is 29.0 Å². The maximum atomic E-state index is 11.6. The van der Waals surface area contributed by atoms with E-state index in [4.69, 9.17) is 20.8 Å². The number of rotatable bonds is 8. The number of aliphatic hydroxyl groups is 2. The van der Waals surface area contributed by atoms with Gasteiger partial charge in [0.1, 0.15) is 12.7 Å². The normalized spacial score (nSPS) is 21.4. The Labute approximate surface area is 530 Å². The Morgan fingerprint density at radius 1 is 0.539 bits per heavy atom. The first-order valence-corrected chi connectivity index (χ1v) is 31.7. The van der Waals surface area contributed by atoms with Gasteiger partial charge in [0.2, 0.25) is 17.7 Å². The number of nitrogens with zero attached hydrogens (tertiary/aromatic N) is 14. The minimum absolute atomic E-state index is 0.0327. The second-order valence-electron chi connectivity index (χ2n) is 24.3. The number of piperidine rings is 3. The molecule has 0 radical (unpaired) electrons. The maximum Gasteiger partial charge on any atom is 0.333 e. The predicted octanol–water partition coefficient (Wildman–Crippen LogP) is 1.25. The monoisotopic (exact) mass is 1260 g/mol. The first kappa shape index (κ1) is 78.8. The molecule has 8 aliphatic heterocycles. The number of aliphatic hydroxyl groups excluding tert-OH is 2. The highest BCUT2D eigenvalue weighted by Crippen LogP contribution is 2.19. The highest BCUT2D eigenvalue weighted by molar-refractivity contribution is 5.81. The van der Waals surface area contributed by atoms with Crippen molar-refractivity contribution in [3.63, 3.8) is 0 Å². The van der Waals surface area contributed by atoms with Gasteiger partial charge in [0.25, 0.3) is 11.5 Å². The average Bonchev–Trinajstić information content (AvgIpc) is 4.25. The van der Waals surface area contributed by atoms with Crippen molar-refractivity contribution < 1.29 is 53.3 Å². The Morgan fingerprint density at radius 3 is 1.44 bits per heavy atom. The Kier molecular flexibility index (Phi) is 37.7. The number of urea groups is 4. The van der Waals surface area contributed by atoms with Crippen molar-refractivity contribution in [2.24, 2.45) is 18.8 Å². The van der Waals surface area contributed by atoms with E-state index in [1.165, 1.54) is 30.7 Å². The summed E-state index contributed by atoms with van der Waals surface area (Å²) in [5, 5.41) is 22.1. The number of ether oxygens (including phenoxy) is 1. The molecule has 5 N–H and O–H groups in total. The third-order valence-corrected chi connectivity index (χ3v) is 16.0. The number of carbonyl (C=O) groups is 8. The van der Waals surface area contributed by atoms with Crippen LogP contribution in [0.25, 0.3) is 0 Å². The Bertz CT molecular complexity index is 2170.